The Morgan fingerprint density at radius 2 is 1.68 bits per heavy atom. The van der Waals surface area contributed by atoms with E-state index in [0.29, 0.717) is 5.69 Å². The number of para-hydroxylation sites is 1. The van der Waals surface area contributed by atoms with Crippen molar-refractivity contribution < 1.29 is 14.4 Å². The quantitative estimate of drug-likeness (QED) is 0.632. The van der Waals surface area contributed by atoms with E-state index in [1.54, 1.807) is 22.5 Å². The maximum atomic E-state index is 13.4. The number of benzene rings is 2. The van der Waals surface area contributed by atoms with Gasteiger partial charge in [-0.2, -0.15) is 0 Å². The monoisotopic (exact) mass is 390 g/mol. The minimum absolute atomic E-state index is 0.211. The summed E-state index contributed by atoms with van der Waals surface area (Å²) in [6.07, 6.45) is -0.819. The predicted octanol–water partition coefficient (Wildman–Crippen LogP) is 4.11. The van der Waals surface area contributed by atoms with E-state index in [0.717, 1.165) is 16.1 Å². The van der Waals surface area contributed by atoms with Crippen molar-refractivity contribution in [2.45, 2.75) is 19.1 Å². The number of aryl methyl sites for hydroxylation is 1. The van der Waals surface area contributed by atoms with Crippen molar-refractivity contribution in [3.05, 3.63) is 82.6 Å². The normalized spacial score (nSPS) is 24.1. The molecule has 2 aromatic carbocycles. The first-order valence-electron chi connectivity index (χ1n) is 9.14. The van der Waals surface area contributed by atoms with Crippen molar-refractivity contribution in [3.63, 3.8) is 0 Å². The molecule has 140 valence electrons. The van der Waals surface area contributed by atoms with Crippen molar-refractivity contribution in [2.75, 3.05) is 9.96 Å². The lowest BCUT2D eigenvalue weighted by atomic mass is 9.95. The average molecular weight is 390 g/mol. The summed E-state index contributed by atoms with van der Waals surface area (Å²) in [6.45, 7) is 1.94. The van der Waals surface area contributed by atoms with Crippen molar-refractivity contribution in [2.24, 2.45) is 5.92 Å². The largest absolute Gasteiger partial charge is 0.273 e. The molecule has 5 nitrogen and oxygen atoms in total. The number of imide groups is 1. The van der Waals surface area contributed by atoms with E-state index in [1.165, 1.54) is 4.90 Å². The highest BCUT2D eigenvalue weighted by Crippen LogP contribution is 2.48. The molecule has 28 heavy (non-hydrogen) atoms. The summed E-state index contributed by atoms with van der Waals surface area (Å²) in [5.74, 6) is -1.09. The number of thiophene rings is 1. The number of nitrogens with zero attached hydrogens (tertiary/aromatic N) is 2. The number of rotatable bonds is 3. The first kappa shape index (κ1) is 17.2. The van der Waals surface area contributed by atoms with E-state index in [1.807, 2.05) is 73.0 Å². The summed E-state index contributed by atoms with van der Waals surface area (Å²) in [4.78, 5) is 34.9. The van der Waals surface area contributed by atoms with Gasteiger partial charge in [-0.05, 0) is 48.2 Å². The van der Waals surface area contributed by atoms with E-state index >= 15 is 0 Å². The van der Waals surface area contributed by atoms with Gasteiger partial charge < -0.3 is 0 Å². The number of hydrogen-bond donors (Lipinski definition) is 0. The second kappa shape index (κ2) is 6.58. The highest BCUT2D eigenvalue weighted by Gasteiger charge is 2.60. The fourth-order valence-corrected chi connectivity index (χ4v) is 4.84. The van der Waals surface area contributed by atoms with Crippen molar-refractivity contribution >= 4 is 34.5 Å². The Kier molecular flexibility index (Phi) is 4.03. The molecule has 0 saturated carbocycles. The van der Waals surface area contributed by atoms with Crippen LogP contribution in [0.1, 0.15) is 16.5 Å². The Labute approximate surface area is 166 Å². The molecule has 6 heteroatoms. The van der Waals surface area contributed by atoms with E-state index in [9.17, 15) is 9.59 Å². The Hall–Kier alpha value is -2.96. The second-order valence-corrected chi connectivity index (χ2v) is 8.00. The molecule has 3 aromatic rings. The third-order valence-corrected chi connectivity index (χ3v) is 6.16. The predicted molar refractivity (Wildman–Crippen MR) is 108 cm³/mol. The summed E-state index contributed by atoms with van der Waals surface area (Å²) in [5.41, 5.74) is 2.43. The van der Waals surface area contributed by atoms with Crippen LogP contribution in [0, 0.1) is 12.8 Å². The minimum atomic E-state index is -0.819. The highest BCUT2D eigenvalue weighted by molar-refractivity contribution is 7.10. The van der Waals surface area contributed by atoms with Crippen LogP contribution < -0.4 is 9.96 Å². The lowest BCUT2D eigenvalue weighted by molar-refractivity contribution is -0.126. The van der Waals surface area contributed by atoms with Gasteiger partial charge in [-0.1, -0.05) is 36.4 Å². The molecule has 0 aliphatic carbocycles. The molecule has 0 radical (unpaired) electrons. The van der Waals surface area contributed by atoms with Crippen LogP contribution in [0.4, 0.5) is 11.4 Å². The zero-order valence-corrected chi connectivity index (χ0v) is 16.0. The zero-order chi connectivity index (χ0) is 19.3. The standard InChI is InChI=1S/C22H18N2O3S/c1-14-7-5-10-16(13-14)23-21(25)18-19(17-11-6-12-28-17)24(27-20(18)22(23)26)15-8-3-2-4-9-15/h2-13,18-20H,1H3/t18-,19-,20+/m0/s1. The summed E-state index contributed by atoms with van der Waals surface area (Å²) >= 11 is 1.57. The summed E-state index contributed by atoms with van der Waals surface area (Å²) in [7, 11) is 0. The van der Waals surface area contributed by atoms with Gasteiger partial charge in [0, 0.05) is 4.88 Å². The van der Waals surface area contributed by atoms with E-state index in [4.69, 9.17) is 4.84 Å². The van der Waals surface area contributed by atoms with Crippen LogP contribution >= 0.6 is 11.3 Å². The van der Waals surface area contributed by atoms with Gasteiger partial charge in [0.15, 0.2) is 6.10 Å². The van der Waals surface area contributed by atoms with Crippen LogP contribution in [0.25, 0.3) is 0 Å². The van der Waals surface area contributed by atoms with Crippen molar-refractivity contribution in [3.8, 4) is 0 Å². The molecule has 2 aliphatic rings. The smallest absolute Gasteiger partial charge is 0.266 e. The first-order chi connectivity index (χ1) is 13.6. The molecule has 2 amide bonds. The number of anilines is 2. The number of hydroxylamine groups is 1. The molecule has 0 unspecified atom stereocenters. The maximum Gasteiger partial charge on any atom is 0.266 e. The van der Waals surface area contributed by atoms with Gasteiger partial charge in [-0.3, -0.25) is 14.4 Å². The van der Waals surface area contributed by atoms with Crippen molar-refractivity contribution in [1.29, 1.82) is 0 Å². The van der Waals surface area contributed by atoms with Crippen LogP contribution in [0.2, 0.25) is 0 Å². The second-order valence-electron chi connectivity index (χ2n) is 7.02. The third kappa shape index (κ3) is 2.57. The summed E-state index contributed by atoms with van der Waals surface area (Å²) in [5, 5.41) is 3.70. The van der Waals surface area contributed by atoms with Crippen LogP contribution in [-0.2, 0) is 14.4 Å². The maximum absolute atomic E-state index is 13.4. The van der Waals surface area contributed by atoms with Crippen LogP contribution in [0.5, 0.6) is 0 Å². The molecule has 2 fully saturated rings. The molecular formula is C22H18N2O3S. The summed E-state index contributed by atoms with van der Waals surface area (Å²) < 4.78 is 0. The molecule has 2 aliphatic heterocycles. The number of hydrogen-bond acceptors (Lipinski definition) is 5. The molecular weight excluding hydrogens is 372 g/mol. The molecule has 0 N–H and O–H groups in total. The number of carbonyl (C=O) groups excluding carboxylic acids is 2. The SMILES string of the molecule is Cc1cccc(N2C(=O)[C@@H]3[C@@H](ON(c4ccccc4)[C@H]3c3cccs3)C2=O)c1. The average Bonchev–Trinajstić information content (AvgIpc) is 3.40. The Morgan fingerprint density at radius 3 is 2.39 bits per heavy atom. The molecule has 3 heterocycles. The van der Waals surface area contributed by atoms with Crippen LogP contribution in [0.3, 0.4) is 0 Å². The Bertz CT molecular complexity index is 1030. The highest BCUT2D eigenvalue weighted by atomic mass is 32.1. The first-order valence-corrected chi connectivity index (χ1v) is 10.0. The zero-order valence-electron chi connectivity index (χ0n) is 15.2. The number of amides is 2. The van der Waals surface area contributed by atoms with Gasteiger partial charge in [0.05, 0.1) is 11.4 Å². The molecule has 5 rings (SSSR count). The lowest BCUT2D eigenvalue weighted by Gasteiger charge is -2.27. The minimum Gasteiger partial charge on any atom is -0.273 e. The lowest BCUT2D eigenvalue weighted by Crippen LogP contribution is -2.37. The van der Waals surface area contributed by atoms with Gasteiger partial charge in [0.1, 0.15) is 12.0 Å². The van der Waals surface area contributed by atoms with Gasteiger partial charge in [0.2, 0.25) is 5.91 Å². The summed E-state index contributed by atoms with van der Waals surface area (Å²) in [6, 6.07) is 20.7. The van der Waals surface area contributed by atoms with E-state index in [-0.39, 0.29) is 17.9 Å². The number of carbonyl (C=O) groups is 2. The molecule has 2 saturated heterocycles. The molecule has 1 aromatic heterocycles. The van der Waals surface area contributed by atoms with Gasteiger partial charge >= 0.3 is 0 Å². The number of fused-ring (bicyclic) bond motifs is 1. The molecule has 3 atom stereocenters. The molecule has 0 bridgehead atoms. The molecule has 0 spiro atoms. The fourth-order valence-electron chi connectivity index (χ4n) is 3.98. The Balaban J connectivity index is 1.57. The fraction of sp³-hybridized carbons (Fsp3) is 0.182. The van der Waals surface area contributed by atoms with Gasteiger partial charge in [0.25, 0.3) is 5.91 Å². The topological polar surface area (TPSA) is 49.9 Å². The third-order valence-electron chi connectivity index (χ3n) is 5.22. The van der Waals surface area contributed by atoms with Gasteiger partial charge in [-0.25, -0.2) is 9.96 Å². The Morgan fingerprint density at radius 1 is 0.893 bits per heavy atom. The van der Waals surface area contributed by atoms with Crippen LogP contribution in [-0.4, -0.2) is 17.9 Å². The van der Waals surface area contributed by atoms with Gasteiger partial charge in [-0.15, -0.1) is 11.3 Å². The van der Waals surface area contributed by atoms with Crippen molar-refractivity contribution in [1.82, 2.24) is 0 Å². The van der Waals surface area contributed by atoms with E-state index in [2.05, 4.69) is 0 Å². The van der Waals surface area contributed by atoms with E-state index < -0.39 is 12.0 Å². The van der Waals surface area contributed by atoms with Crippen LogP contribution in [0.15, 0.2) is 72.1 Å².